The van der Waals surface area contributed by atoms with Gasteiger partial charge in [0, 0.05) is 10.6 Å². The molecule has 0 saturated heterocycles. The number of hydrazine groups is 1. The number of amides is 1. The van der Waals surface area contributed by atoms with Crippen LogP contribution in [0.3, 0.4) is 0 Å². The molecule has 3 N–H and O–H groups in total. The normalized spacial score (nSPS) is 10.5. The van der Waals surface area contributed by atoms with E-state index in [9.17, 15) is 4.79 Å². The predicted octanol–water partition coefficient (Wildman–Crippen LogP) is 2.80. The zero-order valence-corrected chi connectivity index (χ0v) is 12.3. The van der Waals surface area contributed by atoms with Gasteiger partial charge in [-0.25, -0.2) is 10.5 Å². The van der Waals surface area contributed by atoms with Crippen LogP contribution in [0.15, 0.2) is 60.7 Å². The van der Waals surface area contributed by atoms with Gasteiger partial charge < -0.3 is 0 Å². The molecular formula is C16H13ClN4O. The first-order valence-corrected chi connectivity index (χ1v) is 6.99. The Morgan fingerprint density at radius 3 is 2.41 bits per heavy atom. The van der Waals surface area contributed by atoms with E-state index in [0.29, 0.717) is 5.02 Å². The Hall–Kier alpha value is -2.63. The Morgan fingerprint density at radius 1 is 1.09 bits per heavy atom. The summed E-state index contributed by atoms with van der Waals surface area (Å²) in [5, 5.41) is 4.97. The van der Waals surface area contributed by atoms with Crippen molar-refractivity contribution in [1.82, 2.24) is 15.2 Å². The molecule has 0 atom stereocenters. The molecule has 6 heteroatoms. The standard InChI is InChI=1S/C16H13ClN4O/c17-12-6-8-13(9-7-12)21-15(11-4-2-1-3-5-11)10-14(20-21)16(22)19-18/h1-10H,18H2,(H,19,22). The largest absolute Gasteiger partial charge is 0.289 e. The number of hydrogen-bond donors (Lipinski definition) is 2. The fourth-order valence-corrected chi connectivity index (χ4v) is 2.29. The second kappa shape index (κ2) is 6.01. The number of carbonyl (C=O) groups is 1. The van der Waals surface area contributed by atoms with Crippen LogP contribution in [0.4, 0.5) is 0 Å². The van der Waals surface area contributed by atoms with Crippen molar-refractivity contribution >= 4 is 17.5 Å². The molecule has 1 aromatic heterocycles. The van der Waals surface area contributed by atoms with E-state index in [4.69, 9.17) is 17.4 Å². The third-order valence-electron chi connectivity index (χ3n) is 3.21. The summed E-state index contributed by atoms with van der Waals surface area (Å²) in [6.45, 7) is 0. The lowest BCUT2D eigenvalue weighted by Crippen LogP contribution is -2.30. The molecule has 0 aliphatic carbocycles. The fourth-order valence-electron chi connectivity index (χ4n) is 2.16. The van der Waals surface area contributed by atoms with Crippen LogP contribution in [0, 0.1) is 0 Å². The molecule has 2 aromatic carbocycles. The maximum absolute atomic E-state index is 11.8. The zero-order valence-electron chi connectivity index (χ0n) is 11.5. The van der Waals surface area contributed by atoms with Crippen LogP contribution in [0.2, 0.25) is 5.02 Å². The summed E-state index contributed by atoms with van der Waals surface area (Å²) < 4.78 is 1.69. The summed E-state index contributed by atoms with van der Waals surface area (Å²) in [6, 6.07) is 18.6. The first-order chi connectivity index (χ1) is 10.7. The van der Waals surface area contributed by atoms with Gasteiger partial charge in [-0.1, -0.05) is 41.9 Å². The van der Waals surface area contributed by atoms with Crippen LogP contribution >= 0.6 is 11.6 Å². The molecule has 0 saturated carbocycles. The topological polar surface area (TPSA) is 72.9 Å². The SMILES string of the molecule is NNC(=O)c1cc(-c2ccccc2)n(-c2ccc(Cl)cc2)n1. The van der Waals surface area contributed by atoms with Gasteiger partial charge in [0.2, 0.25) is 0 Å². The highest BCUT2D eigenvalue weighted by Crippen LogP contribution is 2.24. The fraction of sp³-hybridized carbons (Fsp3) is 0. The summed E-state index contributed by atoms with van der Waals surface area (Å²) in [6.07, 6.45) is 0. The van der Waals surface area contributed by atoms with Crippen molar-refractivity contribution in [2.45, 2.75) is 0 Å². The minimum atomic E-state index is -0.440. The number of rotatable bonds is 3. The maximum Gasteiger partial charge on any atom is 0.285 e. The van der Waals surface area contributed by atoms with E-state index in [1.807, 2.05) is 42.5 Å². The van der Waals surface area contributed by atoms with Gasteiger partial charge in [0.1, 0.15) is 0 Å². The van der Waals surface area contributed by atoms with E-state index >= 15 is 0 Å². The smallest absolute Gasteiger partial charge is 0.285 e. The molecule has 1 heterocycles. The number of hydrogen-bond acceptors (Lipinski definition) is 3. The van der Waals surface area contributed by atoms with Crippen LogP contribution in [0.25, 0.3) is 16.9 Å². The lowest BCUT2D eigenvalue weighted by Gasteiger charge is -2.07. The minimum Gasteiger partial charge on any atom is -0.289 e. The third kappa shape index (κ3) is 2.72. The van der Waals surface area contributed by atoms with Gasteiger partial charge in [0.25, 0.3) is 5.91 Å². The van der Waals surface area contributed by atoms with Gasteiger partial charge in [-0.2, -0.15) is 5.10 Å². The molecule has 110 valence electrons. The summed E-state index contributed by atoms with van der Waals surface area (Å²) in [5.41, 5.74) is 4.89. The van der Waals surface area contributed by atoms with Crippen molar-refractivity contribution in [1.29, 1.82) is 0 Å². The number of nitrogens with one attached hydrogen (secondary N) is 1. The molecule has 0 spiro atoms. The second-order valence-corrected chi connectivity index (χ2v) is 5.08. The van der Waals surface area contributed by atoms with Crippen LogP contribution in [-0.2, 0) is 0 Å². The van der Waals surface area contributed by atoms with Crippen LogP contribution in [0.5, 0.6) is 0 Å². The number of halogens is 1. The first-order valence-electron chi connectivity index (χ1n) is 6.61. The number of carbonyl (C=O) groups excluding carboxylic acids is 1. The Morgan fingerprint density at radius 2 is 1.77 bits per heavy atom. The van der Waals surface area contributed by atoms with Crippen molar-refractivity contribution in [2.24, 2.45) is 5.84 Å². The van der Waals surface area contributed by atoms with E-state index in [1.165, 1.54) is 0 Å². The average Bonchev–Trinajstić information content (AvgIpc) is 3.01. The Bertz CT molecular complexity index is 797. The zero-order chi connectivity index (χ0) is 15.5. The average molecular weight is 313 g/mol. The van der Waals surface area contributed by atoms with E-state index in [1.54, 1.807) is 22.9 Å². The lowest BCUT2D eigenvalue weighted by atomic mass is 10.1. The number of nitrogens with zero attached hydrogens (tertiary/aromatic N) is 2. The molecule has 3 rings (SSSR count). The number of nitrogen functional groups attached to an aromatic ring is 1. The van der Waals surface area contributed by atoms with Crippen molar-refractivity contribution in [3.05, 3.63) is 71.4 Å². The van der Waals surface area contributed by atoms with Crippen LogP contribution < -0.4 is 11.3 Å². The summed E-state index contributed by atoms with van der Waals surface area (Å²) in [5.74, 6) is 4.75. The molecule has 0 aliphatic heterocycles. The van der Waals surface area contributed by atoms with Gasteiger partial charge in [0.05, 0.1) is 11.4 Å². The van der Waals surface area contributed by atoms with Gasteiger partial charge in [0.15, 0.2) is 5.69 Å². The Labute approximate surface area is 132 Å². The maximum atomic E-state index is 11.8. The van der Waals surface area contributed by atoms with Crippen molar-refractivity contribution < 1.29 is 4.79 Å². The van der Waals surface area contributed by atoms with Crippen LogP contribution in [0.1, 0.15) is 10.5 Å². The molecule has 0 aliphatic rings. The molecule has 0 radical (unpaired) electrons. The summed E-state index contributed by atoms with van der Waals surface area (Å²) in [4.78, 5) is 11.8. The summed E-state index contributed by atoms with van der Waals surface area (Å²) in [7, 11) is 0. The monoisotopic (exact) mass is 312 g/mol. The highest BCUT2D eigenvalue weighted by atomic mass is 35.5. The van der Waals surface area contributed by atoms with Crippen LogP contribution in [-0.4, -0.2) is 15.7 Å². The highest BCUT2D eigenvalue weighted by Gasteiger charge is 2.15. The summed E-state index contributed by atoms with van der Waals surface area (Å²) >= 11 is 5.92. The first kappa shape index (κ1) is 14.3. The minimum absolute atomic E-state index is 0.247. The van der Waals surface area contributed by atoms with Crippen molar-refractivity contribution in [2.75, 3.05) is 0 Å². The third-order valence-corrected chi connectivity index (χ3v) is 3.47. The predicted molar refractivity (Wildman–Crippen MR) is 85.7 cm³/mol. The van der Waals surface area contributed by atoms with E-state index in [-0.39, 0.29) is 5.69 Å². The number of benzene rings is 2. The quantitative estimate of drug-likeness (QED) is 0.444. The molecule has 0 fully saturated rings. The molecule has 5 nitrogen and oxygen atoms in total. The molecule has 0 bridgehead atoms. The van der Waals surface area contributed by atoms with E-state index in [2.05, 4.69) is 10.5 Å². The number of aromatic nitrogens is 2. The molecule has 3 aromatic rings. The van der Waals surface area contributed by atoms with Gasteiger partial charge in [-0.05, 0) is 30.3 Å². The highest BCUT2D eigenvalue weighted by molar-refractivity contribution is 6.30. The van der Waals surface area contributed by atoms with Gasteiger partial charge >= 0.3 is 0 Å². The van der Waals surface area contributed by atoms with Gasteiger partial charge in [-0.15, -0.1) is 0 Å². The second-order valence-electron chi connectivity index (χ2n) is 4.64. The van der Waals surface area contributed by atoms with E-state index in [0.717, 1.165) is 16.9 Å². The van der Waals surface area contributed by atoms with Crippen molar-refractivity contribution in [3.63, 3.8) is 0 Å². The van der Waals surface area contributed by atoms with Gasteiger partial charge in [-0.3, -0.25) is 10.2 Å². The Balaban J connectivity index is 2.17. The van der Waals surface area contributed by atoms with Crippen molar-refractivity contribution in [3.8, 4) is 16.9 Å². The van der Waals surface area contributed by atoms with E-state index < -0.39 is 5.91 Å². The molecular weight excluding hydrogens is 300 g/mol. The number of nitrogens with two attached hydrogens (primary N) is 1. The molecule has 0 unspecified atom stereocenters. The Kier molecular flexibility index (Phi) is 3.91. The molecule has 22 heavy (non-hydrogen) atoms. The lowest BCUT2D eigenvalue weighted by molar-refractivity contribution is 0.0948. The molecule has 1 amide bonds.